The van der Waals surface area contributed by atoms with Crippen molar-refractivity contribution < 1.29 is 13.9 Å². The number of hydrogen-bond acceptors (Lipinski definition) is 4. The topological polar surface area (TPSA) is 87.9 Å². The fraction of sp³-hybridized carbons (Fsp3) is 0.571. The smallest absolute Gasteiger partial charge is 0.287 e. The van der Waals surface area contributed by atoms with Crippen molar-refractivity contribution in [1.82, 2.24) is 16.0 Å². The number of hydrogen-bond donors (Lipinski definition) is 3. The van der Waals surface area contributed by atoms with Crippen molar-refractivity contribution in [2.45, 2.75) is 13.3 Å². The second-order valence-corrected chi connectivity index (χ2v) is 4.46. The number of carbonyl (C=O) groups is 1. The van der Waals surface area contributed by atoms with E-state index in [1.54, 1.807) is 20.2 Å². The van der Waals surface area contributed by atoms with Crippen LogP contribution < -0.4 is 16.0 Å². The fourth-order valence-corrected chi connectivity index (χ4v) is 1.67. The molecule has 22 heavy (non-hydrogen) atoms. The van der Waals surface area contributed by atoms with Crippen molar-refractivity contribution in [2.24, 2.45) is 4.99 Å². The quantitative estimate of drug-likeness (QED) is 0.252. The standard InChI is InChI=1S/C14H24N4O3.HI/c1-11-5-9-21-12(11)13(19)16-6-4-7-17-14(15-2)18-8-10-20-3;/h5,9H,4,6-8,10H2,1-3H3,(H,16,19)(H2,15,17,18);1H. The Morgan fingerprint density at radius 2 is 1.95 bits per heavy atom. The van der Waals surface area contributed by atoms with Crippen molar-refractivity contribution in [2.75, 3.05) is 40.4 Å². The lowest BCUT2D eigenvalue weighted by Crippen LogP contribution is -2.40. The van der Waals surface area contributed by atoms with E-state index >= 15 is 0 Å². The summed E-state index contributed by atoms with van der Waals surface area (Å²) in [4.78, 5) is 15.9. The average Bonchev–Trinajstić information content (AvgIpc) is 2.91. The highest BCUT2D eigenvalue weighted by Crippen LogP contribution is 2.07. The Kier molecular flexibility index (Phi) is 11.6. The Morgan fingerprint density at radius 1 is 1.27 bits per heavy atom. The van der Waals surface area contributed by atoms with Crippen LogP contribution in [0.1, 0.15) is 22.5 Å². The van der Waals surface area contributed by atoms with E-state index in [1.165, 1.54) is 6.26 Å². The van der Waals surface area contributed by atoms with Gasteiger partial charge in [-0.15, -0.1) is 24.0 Å². The first-order valence-electron chi connectivity index (χ1n) is 6.94. The van der Waals surface area contributed by atoms with Crippen LogP contribution in [0.5, 0.6) is 0 Å². The Labute approximate surface area is 148 Å². The van der Waals surface area contributed by atoms with Crippen molar-refractivity contribution in [3.63, 3.8) is 0 Å². The monoisotopic (exact) mass is 424 g/mol. The molecule has 0 aliphatic carbocycles. The van der Waals surface area contributed by atoms with Gasteiger partial charge in [-0.25, -0.2) is 0 Å². The molecule has 0 radical (unpaired) electrons. The number of rotatable bonds is 8. The van der Waals surface area contributed by atoms with Gasteiger partial charge in [0.2, 0.25) is 0 Å². The molecule has 7 nitrogen and oxygen atoms in total. The number of nitrogens with one attached hydrogen (secondary N) is 3. The van der Waals surface area contributed by atoms with E-state index in [-0.39, 0.29) is 29.9 Å². The van der Waals surface area contributed by atoms with Crippen LogP contribution in [0.4, 0.5) is 0 Å². The van der Waals surface area contributed by atoms with Gasteiger partial charge in [0.15, 0.2) is 11.7 Å². The van der Waals surface area contributed by atoms with Crippen LogP contribution in [0.15, 0.2) is 21.7 Å². The maximum atomic E-state index is 11.8. The third kappa shape index (κ3) is 7.64. The minimum atomic E-state index is -0.180. The molecule has 0 aliphatic heterocycles. The third-order valence-electron chi connectivity index (χ3n) is 2.82. The largest absolute Gasteiger partial charge is 0.459 e. The van der Waals surface area contributed by atoms with Crippen LogP contribution in [0, 0.1) is 6.92 Å². The minimum Gasteiger partial charge on any atom is -0.459 e. The van der Waals surface area contributed by atoms with E-state index in [4.69, 9.17) is 9.15 Å². The zero-order chi connectivity index (χ0) is 15.5. The number of methoxy groups -OCH3 is 1. The second-order valence-electron chi connectivity index (χ2n) is 4.46. The molecule has 0 atom stereocenters. The van der Waals surface area contributed by atoms with Gasteiger partial charge >= 0.3 is 0 Å². The van der Waals surface area contributed by atoms with Crippen LogP contribution in [-0.2, 0) is 4.74 Å². The van der Waals surface area contributed by atoms with Crippen molar-refractivity contribution in [3.8, 4) is 0 Å². The molecule has 0 fully saturated rings. The van der Waals surface area contributed by atoms with Crippen molar-refractivity contribution in [3.05, 3.63) is 23.7 Å². The van der Waals surface area contributed by atoms with E-state index in [2.05, 4.69) is 20.9 Å². The maximum Gasteiger partial charge on any atom is 0.287 e. The molecule has 0 bridgehead atoms. The summed E-state index contributed by atoms with van der Waals surface area (Å²) in [6.45, 7) is 4.45. The summed E-state index contributed by atoms with van der Waals surface area (Å²) in [5.41, 5.74) is 0.841. The lowest BCUT2D eigenvalue weighted by Gasteiger charge is -2.11. The molecule has 0 spiro atoms. The first-order valence-corrected chi connectivity index (χ1v) is 6.94. The zero-order valence-corrected chi connectivity index (χ0v) is 15.6. The summed E-state index contributed by atoms with van der Waals surface area (Å²) in [7, 11) is 3.37. The molecule has 1 amide bonds. The van der Waals surface area contributed by atoms with Crippen LogP contribution in [0.2, 0.25) is 0 Å². The number of guanidine groups is 1. The number of amides is 1. The van der Waals surface area contributed by atoms with Gasteiger partial charge in [-0.2, -0.15) is 0 Å². The molecule has 0 saturated carbocycles. The molecular weight excluding hydrogens is 399 g/mol. The normalized spacial score (nSPS) is 10.8. The highest BCUT2D eigenvalue weighted by atomic mass is 127. The minimum absolute atomic E-state index is 0. The second kappa shape index (κ2) is 12.3. The molecule has 0 aliphatic rings. The van der Waals surface area contributed by atoms with Gasteiger partial charge in [-0.3, -0.25) is 9.79 Å². The zero-order valence-electron chi connectivity index (χ0n) is 13.3. The van der Waals surface area contributed by atoms with Gasteiger partial charge in [-0.1, -0.05) is 0 Å². The molecule has 8 heteroatoms. The summed E-state index contributed by atoms with van der Waals surface area (Å²) in [5, 5.41) is 9.09. The molecule has 1 aromatic rings. The van der Waals surface area contributed by atoms with Crippen LogP contribution in [-0.4, -0.2) is 52.3 Å². The van der Waals surface area contributed by atoms with Crippen LogP contribution in [0.3, 0.4) is 0 Å². The Bertz CT molecular complexity index is 463. The Balaban J connectivity index is 0.00000441. The van der Waals surface area contributed by atoms with Gasteiger partial charge in [-0.05, 0) is 19.4 Å². The molecule has 0 saturated heterocycles. The molecular formula is C14H25IN4O3. The number of aryl methyl sites for hydroxylation is 1. The maximum absolute atomic E-state index is 11.8. The summed E-state index contributed by atoms with van der Waals surface area (Å²) in [6, 6.07) is 1.77. The number of carbonyl (C=O) groups excluding carboxylic acids is 1. The molecule has 0 unspecified atom stereocenters. The lowest BCUT2D eigenvalue weighted by molar-refractivity contribution is 0.0925. The van der Waals surface area contributed by atoms with Crippen molar-refractivity contribution >= 4 is 35.8 Å². The summed E-state index contributed by atoms with van der Waals surface area (Å²) in [5.74, 6) is 0.917. The summed E-state index contributed by atoms with van der Waals surface area (Å²) in [6.07, 6.45) is 2.30. The van der Waals surface area contributed by atoms with Gasteiger partial charge < -0.3 is 25.1 Å². The van der Waals surface area contributed by atoms with Crippen molar-refractivity contribution in [1.29, 1.82) is 0 Å². The molecule has 1 aromatic heterocycles. The molecule has 0 aromatic carbocycles. The Morgan fingerprint density at radius 3 is 2.55 bits per heavy atom. The first-order chi connectivity index (χ1) is 10.2. The molecule has 126 valence electrons. The van der Waals surface area contributed by atoms with Crippen LogP contribution >= 0.6 is 24.0 Å². The number of halogens is 1. The fourth-order valence-electron chi connectivity index (χ4n) is 1.67. The van der Waals surface area contributed by atoms with Crippen LogP contribution in [0.25, 0.3) is 0 Å². The summed E-state index contributed by atoms with van der Waals surface area (Å²) >= 11 is 0. The third-order valence-corrected chi connectivity index (χ3v) is 2.82. The van der Waals surface area contributed by atoms with E-state index in [0.29, 0.717) is 32.0 Å². The van der Waals surface area contributed by atoms with Gasteiger partial charge in [0.1, 0.15) is 0 Å². The number of ether oxygens (including phenoxy) is 1. The Hall–Kier alpha value is -1.29. The van der Waals surface area contributed by atoms with E-state index in [0.717, 1.165) is 17.9 Å². The lowest BCUT2D eigenvalue weighted by atomic mass is 10.2. The molecule has 1 rings (SSSR count). The molecule has 1 heterocycles. The predicted octanol–water partition coefficient (Wildman–Crippen LogP) is 1.14. The predicted molar refractivity (Wildman–Crippen MR) is 97.1 cm³/mol. The SMILES string of the molecule is CN=C(NCCCNC(=O)c1occc1C)NCCOC.I. The highest BCUT2D eigenvalue weighted by Gasteiger charge is 2.11. The average molecular weight is 424 g/mol. The van der Waals surface area contributed by atoms with E-state index < -0.39 is 0 Å². The first kappa shape index (κ1) is 20.7. The van der Waals surface area contributed by atoms with Gasteiger partial charge in [0.25, 0.3) is 5.91 Å². The van der Waals surface area contributed by atoms with E-state index in [1.807, 2.05) is 6.92 Å². The number of aliphatic imine (C=N–C) groups is 1. The highest BCUT2D eigenvalue weighted by molar-refractivity contribution is 14.0. The number of nitrogens with zero attached hydrogens (tertiary/aromatic N) is 1. The van der Waals surface area contributed by atoms with Gasteiger partial charge in [0.05, 0.1) is 12.9 Å². The van der Waals surface area contributed by atoms with Gasteiger partial charge in [0, 0.05) is 39.4 Å². The van der Waals surface area contributed by atoms with E-state index in [9.17, 15) is 4.79 Å². The molecule has 3 N–H and O–H groups in total. The number of furan rings is 1. The summed E-state index contributed by atoms with van der Waals surface area (Å²) < 4.78 is 10.1.